The predicted octanol–water partition coefficient (Wildman–Crippen LogP) is 3.85. The smallest absolute Gasteiger partial charge is 0.240 e. The highest BCUT2D eigenvalue weighted by Crippen LogP contribution is 2.19. The minimum Gasteiger partial charge on any atom is -0.349 e. The average Bonchev–Trinajstić information content (AvgIpc) is 2.78. The Bertz CT molecular complexity index is 1020. The number of benzene rings is 3. The van der Waals surface area contributed by atoms with Gasteiger partial charge in [-0.25, -0.2) is 13.1 Å². The molecule has 0 bridgehead atoms. The summed E-state index contributed by atoms with van der Waals surface area (Å²) in [6, 6.07) is 28.0. The van der Waals surface area contributed by atoms with E-state index in [-0.39, 0.29) is 29.8 Å². The van der Waals surface area contributed by atoms with Gasteiger partial charge in [0.15, 0.2) is 0 Å². The van der Waals surface area contributed by atoms with Gasteiger partial charge in [-0.05, 0) is 36.1 Å². The van der Waals surface area contributed by atoms with Crippen LogP contribution in [-0.2, 0) is 21.2 Å². The molecule has 0 saturated heterocycles. The van der Waals surface area contributed by atoms with Gasteiger partial charge in [0.2, 0.25) is 15.9 Å². The summed E-state index contributed by atoms with van der Waals surface area (Å²) in [6.07, 6.45) is 1.66. The van der Waals surface area contributed by atoms with Crippen molar-refractivity contribution in [1.29, 1.82) is 0 Å². The Kier molecular flexibility index (Phi) is 7.76. The number of aryl methyl sites for hydroxylation is 1. The molecule has 0 aliphatic heterocycles. The van der Waals surface area contributed by atoms with Crippen molar-refractivity contribution in [2.24, 2.45) is 0 Å². The fourth-order valence-electron chi connectivity index (χ4n) is 3.21. The molecule has 0 fully saturated rings. The number of carbonyl (C=O) groups is 1. The molecule has 0 heterocycles. The molecule has 156 valence electrons. The molecule has 3 aromatic carbocycles. The Morgan fingerprint density at radius 1 is 0.800 bits per heavy atom. The zero-order valence-electron chi connectivity index (χ0n) is 16.7. The van der Waals surface area contributed by atoms with E-state index in [1.165, 1.54) is 17.7 Å². The van der Waals surface area contributed by atoms with Gasteiger partial charge in [-0.2, -0.15) is 0 Å². The lowest BCUT2D eigenvalue weighted by molar-refractivity contribution is -0.121. The van der Waals surface area contributed by atoms with Crippen LogP contribution in [0.25, 0.3) is 0 Å². The summed E-state index contributed by atoms with van der Waals surface area (Å²) in [5, 5.41) is 3.06. The van der Waals surface area contributed by atoms with E-state index in [0.29, 0.717) is 0 Å². The molecule has 5 nitrogen and oxygen atoms in total. The van der Waals surface area contributed by atoms with Crippen LogP contribution in [-0.4, -0.2) is 20.9 Å². The molecule has 30 heavy (non-hydrogen) atoms. The van der Waals surface area contributed by atoms with E-state index >= 15 is 0 Å². The summed E-state index contributed by atoms with van der Waals surface area (Å²) < 4.78 is 27.0. The van der Waals surface area contributed by atoms with Gasteiger partial charge < -0.3 is 5.32 Å². The number of nitrogens with one attached hydrogen (secondary N) is 2. The van der Waals surface area contributed by atoms with E-state index in [4.69, 9.17) is 0 Å². The summed E-state index contributed by atoms with van der Waals surface area (Å²) in [6.45, 7) is 0.0449. The summed E-state index contributed by atoms with van der Waals surface area (Å²) >= 11 is 0. The standard InChI is InChI=1S/C24H26N2O3S/c27-24(18-19-25-30(28,29)22-14-8-3-9-15-22)26-23(21-12-6-2-7-13-21)17-16-20-10-4-1-5-11-20/h1-15,23,25H,16-19H2,(H,26,27). The molecule has 0 aromatic heterocycles. The number of hydrogen-bond acceptors (Lipinski definition) is 3. The first-order chi connectivity index (χ1) is 14.5. The zero-order chi connectivity index (χ0) is 21.2. The third kappa shape index (κ3) is 6.54. The van der Waals surface area contributed by atoms with Crippen LogP contribution in [0.15, 0.2) is 95.9 Å². The first-order valence-electron chi connectivity index (χ1n) is 9.97. The molecular weight excluding hydrogens is 396 g/mol. The Hall–Kier alpha value is -2.96. The summed E-state index contributed by atoms with van der Waals surface area (Å²) in [5.74, 6) is -0.187. The SMILES string of the molecule is O=C(CCNS(=O)(=O)c1ccccc1)NC(CCc1ccccc1)c1ccccc1. The van der Waals surface area contributed by atoms with Crippen LogP contribution < -0.4 is 10.0 Å². The highest BCUT2D eigenvalue weighted by molar-refractivity contribution is 7.89. The van der Waals surface area contributed by atoms with E-state index in [1.54, 1.807) is 18.2 Å². The predicted molar refractivity (Wildman–Crippen MR) is 118 cm³/mol. The molecule has 1 amide bonds. The number of sulfonamides is 1. The number of amides is 1. The molecule has 3 rings (SSSR count). The Morgan fingerprint density at radius 3 is 2.00 bits per heavy atom. The number of carbonyl (C=O) groups excluding carboxylic acids is 1. The molecule has 0 saturated carbocycles. The fraction of sp³-hybridized carbons (Fsp3) is 0.208. The molecule has 0 aliphatic carbocycles. The van der Waals surface area contributed by atoms with Crippen molar-refractivity contribution in [2.75, 3.05) is 6.54 Å². The topological polar surface area (TPSA) is 75.3 Å². The van der Waals surface area contributed by atoms with E-state index in [2.05, 4.69) is 22.2 Å². The van der Waals surface area contributed by atoms with Gasteiger partial charge in [0, 0.05) is 13.0 Å². The Balaban J connectivity index is 1.56. The second-order valence-electron chi connectivity index (χ2n) is 7.02. The third-order valence-corrected chi connectivity index (χ3v) is 6.28. The second-order valence-corrected chi connectivity index (χ2v) is 8.78. The molecule has 1 unspecified atom stereocenters. The van der Waals surface area contributed by atoms with Gasteiger partial charge >= 0.3 is 0 Å². The maximum absolute atomic E-state index is 12.5. The monoisotopic (exact) mass is 422 g/mol. The first-order valence-corrected chi connectivity index (χ1v) is 11.5. The molecule has 2 N–H and O–H groups in total. The van der Waals surface area contributed by atoms with E-state index < -0.39 is 10.0 Å². The maximum Gasteiger partial charge on any atom is 0.240 e. The van der Waals surface area contributed by atoms with Crippen molar-refractivity contribution < 1.29 is 13.2 Å². The van der Waals surface area contributed by atoms with Crippen LogP contribution in [0.5, 0.6) is 0 Å². The van der Waals surface area contributed by atoms with Crippen LogP contribution in [0.2, 0.25) is 0 Å². The molecule has 3 aromatic rings. The van der Waals surface area contributed by atoms with Crippen molar-refractivity contribution in [3.8, 4) is 0 Å². The number of rotatable bonds is 10. The molecule has 6 heteroatoms. The zero-order valence-corrected chi connectivity index (χ0v) is 17.5. The van der Waals surface area contributed by atoms with Gasteiger partial charge in [-0.1, -0.05) is 78.9 Å². The van der Waals surface area contributed by atoms with Gasteiger partial charge in [0.25, 0.3) is 0 Å². The van der Waals surface area contributed by atoms with Crippen molar-refractivity contribution in [2.45, 2.75) is 30.2 Å². The lowest BCUT2D eigenvalue weighted by Gasteiger charge is -2.19. The highest BCUT2D eigenvalue weighted by atomic mass is 32.2. The quantitative estimate of drug-likeness (QED) is 0.521. The fourth-order valence-corrected chi connectivity index (χ4v) is 4.26. The maximum atomic E-state index is 12.5. The molecule has 0 radical (unpaired) electrons. The van der Waals surface area contributed by atoms with E-state index in [1.807, 2.05) is 48.5 Å². The van der Waals surface area contributed by atoms with Gasteiger partial charge in [-0.3, -0.25) is 4.79 Å². The van der Waals surface area contributed by atoms with Crippen LogP contribution >= 0.6 is 0 Å². The Morgan fingerprint density at radius 2 is 1.37 bits per heavy atom. The average molecular weight is 423 g/mol. The van der Waals surface area contributed by atoms with Gasteiger partial charge in [0.1, 0.15) is 0 Å². The van der Waals surface area contributed by atoms with E-state index in [9.17, 15) is 13.2 Å². The minimum absolute atomic E-state index is 0.0449. The van der Waals surface area contributed by atoms with Crippen molar-refractivity contribution in [3.63, 3.8) is 0 Å². The lowest BCUT2D eigenvalue weighted by Crippen LogP contribution is -2.33. The first kappa shape index (κ1) is 21.7. The summed E-state index contributed by atoms with van der Waals surface area (Å²) in [4.78, 5) is 12.7. The van der Waals surface area contributed by atoms with Crippen LogP contribution in [0, 0.1) is 0 Å². The van der Waals surface area contributed by atoms with Crippen molar-refractivity contribution >= 4 is 15.9 Å². The summed E-state index contributed by atoms with van der Waals surface area (Å²) in [5.41, 5.74) is 2.25. The second kappa shape index (κ2) is 10.7. The molecule has 1 atom stereocenters. The largest absolute Gasteiger partial charge is 0.349 e. The normalized spacial score (nSPS) is 12.3. The third-order valence-electron chi connectivity index (χ3n) is 4.80. The minimum atomic E-state index is -3.61. The summed E-state index contributed by atoms with van der Waals surface area (Å²) in [7, 11) is -3.61. The molecule has 0 aliphatic rings. The highest BCUT2D eigenvalue weighted by Gasteiger charge is 2.17. The van der Waals surface area contributed by atoms with Crippen molar-refractivity contribution in [1.82, 2.24) is 10.0 Å². The molecular formula is C24H26N2O3S. The van der Waals surface area contributed by atoms with Crippen LogP contribution in [0.3, 0.4) is 0 Å². The van der Waals surface area contributed by atoms with Gasteiger partial charge in [0.05, 0.1) is 10.9 Å². The lowest BCUT2D eigenvalue weighted by atomic mass is 9.99. The molecule has 0 spiro atoms. The van der Waals surface area contributed by atoms with Gasteiger partial charge in [-0.15, -0.1) is 0 Å². The number of hydrogen-bond donors (Lipinski definition) is 2. The van der Waals surface area contributed by atoms with Crippen LogP contribution in [0.1, 0.15) is 30.0 Å². The van der Waals surface area contributed by atoms with Crippen LogP contribution in [0.4, 0.5) is 0 Å². The Labute approximate surface area is 178 Å². The van der Waals surface area contributed by atoms with Crippen molar-refractivity contribution in [3.05, 3.63) is 102 Å². The van der Waals surface area contributed by atoms with E-state index in [0.717, 1.165) is 18.4 Å².